The van der Waals surface area contributed by atoms with Crippen molar-refractivity contribution in [3.05, 3.63) is 23.3 Å². The lowest BCUT2D eigenvalue weighted by Crippen LogP contribution is -2.64. The van der Waals surface area contributed by atoms with E-state index in [9.17, 15) is 20.0 Å². The fourth-order valence-corrected chi connectivity index (χ4v) is 10.4. The second-order valence-electron chi connectivity index (χ2n) is 15.1. The number of aliphatic hydroxyl groups excluding tert-OH is 1. The van der Waals surface area contributed by atoms with Gasteiger partial charge in [0.05, 0.1) is 5.57 Å². The molecule has 7 atom stereocenters. The van der Waals surface area contributed by atoms with Crippen molar-refractivity contribution in [1.82, 2.24) is 0 Å². The largest absolute Gasteiger partial charge is 0.396 e. The first-order valence-electron chi connectivity index (χ1n) is 14.2. The molecule has 4 nitrogen and oxygen atoms in total. The molecular weight excluding hydrogens is 446 g/mol. The molecule has 0 saturated heterocycles. The number of fused-ring (bicyclic) bond motifs is 7. The van der Waals surface area contributed by atoms with Crippen molar-refractivity contribution < 1.29 is 14.7 Å². The summed E-state index contributed by atoms with van der Waals surface area (Å²) in [5, 5.41) is 19.9. The van der Waals surface area contributed by atoms with Gasteiger partial charge in [-0.1, -0.05) is 60.1 Å². The molecule has 0 heterocycles. The van der Waals surface area contributed by atoms with Gasteiger partial charge in [0.2, 0.25) is 0 Å². The third-order valence-electron chi connectivity index (χ3n) is 12.7. The van der Waals surface area contributed by atoms with Gasteiger partial charge in [-0.2, -0.15) is 5.26 Å². The molecule has 0 aromatic rings. The Morgan fingerprint density at radius 2 is 1.67 bits per heavy atom. The molecule has 0 amide bonds. The summed E-state index contributed by atoms with van der Waals surface area (Å²) in [6.45, 7) is 15.8. The predicted molar refractivity (Wildman–Crippen MR) is 141 cm³/mol. The lowest BCUT2D eigenvalue weighted by molar-refractivity contribution is -0.173. The Morgan fingerprint density at radius 3 is 2.31 bits per heavy atom. The molecule has 5 rings (SSSR count). The maximum Gasteiger partial charge on any atom is 0.178 e. The van der Waals surface area contributed by atoms with E-state index in [2.05, 4.69) is 40.7 Å². The number of rotatable bonds is 2. The smallest absolute Gasteiger partial charge is 0.178 e. The van der Waals surface area contributed by atoms with E-state index in [1.165, 1.54) is 0 Å². The van der Waals surface area contributed by atoms with E-state index in [1.54, 1.807) is 0 Å². The van der Waals surface area contributed by atoms with Gasteiger partial charge in [0.15, 0.2) is 11.6 Å². The van der Waals surface area contributed by atoms with Gasteiger partial charge >= 0.3 is 0 Å². The number of hydrogen-bond acceptors (Lipinski definition) is 4. The van der Waals surface area contributed by atoms with Gasteiger partial charge in [-0.3, -0.25) is 9.59 Å². The highest BCUT2D eigenvalue weighted by molar-refractivity contribution is 6.04. The average Bonchev–Trinajstić information content (AvgIpc) is 2.79. The van der Waals surface area contributed by atoms with Crippen LogP contribution >= 0.6 is 0 Å². The van der Waals surface area contributed by atoms with Crippen LogP contribution in [0.5, 0.6) is 0 Å². The van der Waals surface area contributed by atoms with Crippen LogP contribution in [0.15, 0.2) is 23.3 Å². The third-order valence-corrected chi connectivity index (χ3v) is 12.7. The molecule has 5 aliphatic carbocycles. The lowest BCUT2D eigenvalue weighted by Gasteiger charge is -2.69. The molecule has 7 unspecified atom stereocenters. The fraction of sp³-hybridized carbons (Fsp3) is 0.781. The summed E-state index contributed by atoms with van der Waals surface area (Å²) < 4.78 is 0. The van der Waals surface area contributed by atoms with Crippen LogP contribution in [0.3, 0.4) is 0 Å². The maximum absolute atomic E-state index is 14.3. The Labute approximate surface area is 217 Å². The zero-order valence-corrected chi connectivity index (χ0v) is 23.5. The van der Waals surface area contributed by atoms with Gasteiger partial charge in [0.25, 0.3) is 0 Å². The summed E-state index contributed by atoms with van der Waals surface area (Å²) in [6, 6.07) is 2.19. The zero-order valence-electron chi connectivity index (χ0n) is 23.5. The fourth-order valence-electron chi connectivity index (χ4n) is 10.4. The third kappa shape index (κ3) is 3.08. The molecule has 0 radical (unpaired) electrons. The van der Waals surface area contributed by atoms with Crippen LogP contribution in [0.4, 0.5) is 0 Å². The Hall–Kier alpha value is -1.73. The van der Waals surface area contributed by atoms with Gasteiger partial charge in [-0.25, -0.2) is 0 Å². The van der Waals surface area contributed by atoms with Crippen molar-refractivity contribution in [3.8, 4) is 6.07 Å². The topological polar surface area (TPSA) is 78.2 Å². The summed E-state index contributed by atoms with van der Waals surface area (Å²) in [6.07, 6.45) is 11.9. The van der Waals surface area contributed by atoms with E-state index in [4.69, 9.17) is 0 Å². The summed E-state index contributed by atoms with van der Waals surface area (Å²) in [5.74, 6) is 0.517. The van der Waals surface area contributed by atoms with Crippen molar-refractivity contribution in [1.29, 1.82) is 5.26 Å². The number of allylic oxidation sites excluding steroid dienone is 4. The van der Waals surface area contributed by atoms with E-state index in [-0.39, 0.29) is 63.2 Å². The number of carbonyl (C=O) groups is 2. The molecule has 0 spiro atoms. The molecule has 0 bridgehead atoms. The summed E-state index contributed by atoms with van der Waals surface area (Å²) >= 11 is 0. The number of ketones is 2. The van der Waals surface area contributed by atoms with E-state index in [1.807, 2.05) is 26.0 Å². The van der Waals surface area contributed by atoms with Crippen LogP contribution in [-0.2, 0) is 9.59 Å². The van der Waals surface area contributed by atoms with Crippen molar-refractivity contribution in [2.45, 2.75) is 99.8 Å². The molecule has 0 aromatic heterocycles. The number of nitrogens with zero attached hydrogens (tertiary/aromatic N) is 1. The number of hydrogen-bond donors (Lipinski definition) is 1. The average molecular weight is 492 g/mol. The van der Waals surface area contributed by atoms with Crippen LogP contribution in [0.2, 0.25) is 0 Å². The van der Waals surface area contributed by atoms with Crippen LogP contribution in [0.25, 0.3) is 0 Å². The molecule has 3 fully saturated rings. The number of Topliss-reactive ketones (excluding diaryl/α,β-unsaturated/α-hetero) is 1. The molecule has 196 valence electrons. The molecule has 1 N–H and O–H groups in total. The molecule has 5 aliphatic rings. The monoisotopic (exact) mass is 491 g/mol. The predicted octanol–water partition coefficient (Wildman–Crippen LogP) is 6.59. The second kappa shape index (κ2) is 7.66. The summed E-state index contributed by atoms with van der Waals surface area (Å²) in [4.78, 5) is 27.5. The van der Waals surface area contributed by atoms with Crippen molar-refractivity contribution in [2.75, 3.05) is 6.61 Å². The minimum absolute atomic E-state index is 0.0380. The standard InChI is InChI=1S/C32H45NO3/c1-27(2)10-12-32(14-15-34)13-11-31(7)25(21(32)18-27)22(35)16-24-29(5)17-20(19-33)26(36)28(3,4)23(29)8-9-30(24,31)6/h16-17,21,23,25,34H,8-15,18H2,1-7H3. The highest BCUT2D eigenvalue weighted by Gasteiger charge is 2.69. The Bertz CT molecular complexity index is 1120. The van der Waals surface area contributed by atoms with Crippen LogP contribution in [0.1, 0.15) is 99.8 Å². The molecule has 0 aliphatic heterocycles. The Balaban J connectivity index is 1.69. The summed E-state index contributed by atoms with van der Waals surface area (Å²) in [7, 11) is 0. The second-order valence-corrected chi connectivity index (χ2v) is 15.1. The van der Waals surface area contributed by atoms with E-state index in [0.29, 0.717) is 0 Å². The maximum atomic E-state index is 14.3. The number of carbonyl (C=O) groups excluding carboxylic acids is 2. The van der Waals surface area contributed by atoms with Crippen LogP contribution in [-0.4, -0.2) is 23.3 Å². The van der Waals surface area contributed by atoms with Crippen LogP contribution < -0.4 is 0 Å². The van der Waals surface area contributed by atoms with Gasteiger partial charge in [0, 0.05) is 23.4 Å². The van der Waals surface area contributed by atoms with Crippen molar-refractivity contribution in [2.24, 2.45) is 50.2 Å². The molecule has 3 saturated carbocycles. The molecular formula is C32H45NO3. The van der Waals surface area contributed by atoms with E-state index in [0.717, 1.165) is 56.9 Å². The first-order chi connectivity index (χ1) is 16.6. The first kappa shape index (κ1) is 25.9. The minimum Gasteiger partial charge on any atom is -0.396 e. The summed E-state index contributed by atoms with van der Waals surface area (Å²) in [5.41, 5.74) is 0.215. The normalized spacial score (nSPS) is 46.8. The number of aliphatic hydroxyl groups is 1. The van der Waals surface area contributed by atoms with Gasteiger partial charge in [0.1, 0.15) is 6.07 Å². The Morgan fingerprint density at radius 1 is 1.00 bits per heavy atom. The van der Waals surface area contributed by atoms with Gasteiger partial charge < -0.3 is 5.11 Å². The quantitative estimate of drug-likeness (QED) is 0.473. The SMILES string of the molecule is CC1(C)CCC2(CCO)CCC3(C)C(C(=O)C=C4C5(C)C=C(C#N)C(=O)C(C)(C)C5CCC43C)C2C1. The highest BCUT2D eigenvalue weighted by Crippen LogP contribution is 2.74. The van der Waals surface area contributed by atoms with Crippen LogP contribution in [0, 0.1) is 61.6 Å². The molecule has 4 heteroatoms. The lowest BCUT2D eigenvalue weighted by atomic mass is 9.34. The molecule has 36 heavy (non-hydrogen) atoms. The Kier molecular flexibility index (Phi) is 5.51. The van der Waals surface area contributed by atoms with Crippen molar-refractivity contribution in [3.63, 3.8) is 0 Å². The van der Waals surface area contributed by atoms with Gasteiger partial charge in [-0.05, 0) is 90.9 Å². The van der Waals surface area contributed by atoms with E-state index < -0.39 is 10.8 Å². The molecule has 0 aromatic carbocycles. The van der Waals surface area contributed by atoms with E-state index >= 15 is 0 Å². The minimum atomic E-state index is -0.631. The number of nitriles is 1. The van der Waals surface area contributed by atoms with Gasteiger partial charge in [-0.15, -0.1) is 0 Å². The zero-order chi connectivity index (χ0) is 26.5. The first-order valence-corrected chi connectivity index (χ1v) is 14.2. The highest BCUT2D eigenvalue weighted by atomic mass is 16.3. The van der Waals surface area contributed by atoms with Crippen molar-refractivity contribution >= 4 is 11.6 Å².